The van der Waals surface area contributed by atoms with Crippen LogP contribution in [0.25, 0.3) is 22.3 Å². The Morgan fingerprint density at radius 2 is 1.45 bits per heavy atom. The lowest BCUT2D eigenvalue weighted by atomic mass is 9.66. The molecule has 0 amide bonds. The van der Waals surface area contributed by atoms with E-state index in [4.69, 9.17) is 11.6 Å². The highest BCUT2D eigenvalue weighted by Crippen LogP contribution is 2.59. The first kappa shape index (κ1) is 18.9. The average molecular weight is 403 g/mol. The van der Waals surface area contributed by atoms with Crippen LogP contribution in [0.2, 0.25) is 5.02 Å². The zero-order valence-corrected chi connectivity index (χ0v) is 17.9. The zero-order chi connectivity index (χ0) is 20.2. The molecular formula is C27H27ClO. The number of hydrogen-bond acceptors (Lipinski definition) is 1. The molecule has 1 saturated carbocycles. The number of benzene rings is 3. The van der Waals surface area contributed by atoms with Crippen molar-refractivity contribution in [3.05, 3.63) is 82.4 Å². The first-order chi connectivity index (χ1) is 13.9. The van der Waals surface area contributed by atoms with Gasteiger partial charge in [0.1, 0.15) is 0 Å². The van der Waals surface area contributed by atoms with Crippen molar-refractivity contribution >= 4 is 11.6 Å². The van der Waals surface area contributed by atoms with E-state index < -0.39 is 5.60 Å². The van der Waals surface area contributed by atoms with Crippen LogP contribution in [0, 0.1) is 0 Å². The molecule has 0 aliphatic heterocycles. The fourth-order valence-corrected chi connectivity index (χ4v) is 6.03. The van der Waals surface area contributed by atoms with Gasteiger partial charge < -0.3 is 5.11 Å². The second-order valence-electron chi connectivity index (χ2n) is 9.14. The van der Waals surface area contributed by atoms with Gasteiger partial charge in [-0.25, -0.2) is 0 Å². The minimum absolute atomic E-state index is 0.0524. The predicted molar refractivity (Wildman–Crippen MR) is 121 cm³/mol. The fraction of sp³-hybridized carbons (Fsp3) is 0.333. The van der Waals surface area contributed by atoms with Crippen LogP contribution in [0.1, 0.15) is 62.6 Å². The molecule has 1 N–H and O–H groups in total. The molecule has 1 fully saturated rings. The molecule has 0 unspecified atom stereocenters. The Morgan fingerprint density at radius 1 is 0.793 bits per heavy atom. The highest BCUT2D eigenvalue weighted by Gasteiger charge is 2.45. The second kappa shape index (κ2) is 6.72. The van der Waals surface area contributed by atoms with Crippen LogP contribution in [0.15, 0.2) is 60.7 Å². The summed E-state index contributed by atoms with van der Waals surface area (Å²) in [6.07, 6.45) is 6.17. The van der Waals surface area contributed by atoms with E-state index in [1.165, 1.54) is 59.9 Å². The van der Waals surface area contributed by atoms with Crippen molar-refractivity contribution in [3.63, 3.8) is 0 Å². The Kier molecular flexibility index (Phi) is 4.38. The van der Waals surface area contributed by atoms with Crippen LogP contribution >= 0.6 is 11.6 Å². The summed E-state index contributed by atoms with van der Waals surface area (Å²) in [5.74, 6) is 0. The van der Waals surface area contributed by atoms with Gasteiger partial charge in [-0.1, -0.05) is 85.5 Å². The molecule has 1 spiro atoms. The molecule has 3 aromatic rings. The standard InChI is InChI=1S/C27H27ClO/c1-26(2,29)22-14-9-15-23(28)24(22)20-12-8-11-19-18-10-4-5-13-21(18)27(25(19)20)16-6-3-7-17-27/h4-5,8-15,29H,3,6-7,16-17H2,1-2H3. The molecule has 2 aliphatic rings. The first-order valence-electron chi connectivity index (χ1n) is 10.7. The van der Waals surface area contributed by atoms with Crippen molar-refractivity contribution in [2.75, 3.05) is 0 Å². The van der Waals surface area contributed by atoms with Crippen molar-refractivity contribution in [2.45, 2.75) is 57.0 Å². The number of aliphatic hydroxyl groups is 1. The third-order valence-corrected chi connectivity index (χ3v) is 7.24. The van der Waals surface area contributed by atoms with Crippen LogP contribution in [-0.4, -0.2) is 5.11 Å². The van der Waals surface area contributed by atoms with Crippen molar-refractivity contribution in [1.29, 1.82) is 0 Å². The Morgan fingerprint density at radius 3 is 2.21 bits per heavy atom. The summed E-state index contributed by atoms with van der Waals surface area (Å²) in [7, 11) is 0. The SMILES string of the molecule is CC(C)(O)c1cccc(Cl)c1-c1cccc2c1C1(CCCCC1)c1ccccc1-2. The van der Waals surface area contributed by atoms with Crippen molar-refractivity contribution < 1.29 is 5.11 Å². The Labute approximate surface area is 178 Å². The molecule has 2 aliphatic carbocycles. The van der Waals surface area contributed by atoms with Gasteiger partial charge in [0, 0.05) is 16.0 Å². The maximum Gasteiger partial charge on any atom is 0.0847 e. The molecule has 0 bridgehead atoms. The van der Waals surface area contributed by atoms with Crippen LogP contribution in [-0.2, 0) is 11.0 Å². The smallest absolute Gasteiger partial charge is 0.0847 e. The summed E-state index contributed by atoms with van der Waals surface area (Å²) in [6.45, 7) is 3.69. The molecule has 5 rings (SSSR count). The van der Waals surface area contributed by atoms with Crippen LogP contribution in [0.4, 0.5) is 0 Å². The van der Waals surface area contributed by atoms with Gasteiger partial charge in [-0.2, -0.15) is 0 Å². The second-order valence-corrected chi connectivity index (χ2v) is 9.55. The summed E-state index contributed by atoms with van der Waals surface area (Å²) >= 11 is 6.80. The number of rotatable bonds is 2. The first-order valence-corrected chi connectivity index (χ1v) is 11.1. The lowest BCUT2D eigenvalue weighted by Crippen LogP contribution is -2.29. The van der Waals surface area contributed by atoms with Crippen LogP contribution in [0.3, 0.4) is 0 Å². The molecule has 0 radical (unpaired) electrons. The van der Waals surface area contributed by atoms with Crippen LogP contribution < -0.4 is 0 Å². The minimum Gasteiger partial charge on any atom is -0.386 e. The largest absolute Gasteiger partial charge is 0.386 e. The van der Waals surface area contributed by atoms with E-state index in [1.54, 1.807) is 0 Å². The molecule has 1 nitrogen and oxygen atoms in total. The Hall–Kier alpha value is -2.09. The third-order valence-electron chi connectivity index (χ3n) is 6.92. The molecule has 2 heteroatoms. The number of halogens is 1. The van der Waals surface area contributed by atoms with Gasteiger partial charge in [0.25, 0.3) is 0 Å². The number of fused-ring (bicyclic) bond motifs is 5. The maximum atomic E-state index is 10.9. The molecule has 3 aromatic carbocycles. The lowest BCUT2D eigenvalue weighted by Gasteiger charge is -2.37. The van der Waals surface area contributed by atoms with Crippen LogP contribution in [0.5, 0.6) is 0 Å². The van der Waals surface area contributed by atoms with Crippen molar-refractivity contribution in [2.24, 2.45) is 0 Å². The van der Waals surface area contributed by atoms with Gasteiger partial charge in [-0.15, -0.1) is 0 Å². The van der Waals surface area contributed by atoms with E-state index in [9.17, 15) is 5.11 Å². The lowest BCUT2D eigenvalue weighted by molar-refractivity contribution is 0.0792. The van der Waals surface area contributed by atoms with E-state index in [1.807, 2.05) is 32.0 Å². The normalized spacial score (nSPS) is 17.2. The molecule has 29 heavy (non-hydrogen) atoms. The van der Waals surface area contributed by atoms with E-state index in [-0.39, 0.29) is 5.41 Å². The van der Waals surface area contributed by atoms with Gasteiger partial charge in [0.2, 0.25) is 0 Å². The van der Waals surface area contributed by atoms with E-state index in [2.05, 4.69) is 42.5 Å². The van der Waals surface area contributed by atoms with Gasteiger partial charge in [-0.3, -0.25) is 0 Å². The van der Waals surface area contributed by atoms with Gasteiger partial charge >= 0.3 is 0 Å². The zero-order valence-electron chi connectivity index (χ0n) is 17.1. The Bertz CT molecular complexity index is 1080. The average Bonchev–Trinajstić information content (AvgIpc) is 2.98. The molecule has 0 aromatic heterocycles. The highest BCUT2D eigenvalue weighted by atomic mass is 35.5. The maximum absolute atomic E-state index is 10.9. The topological polar surface area (TPSA) is 20.2 Å². The fourth-order valence-electron chi connectivity index (χ4n) is 5.75. The van der Waals surface area contributed by atoms with E-state index in [0.29, 0.717) is 5.02 Å². The molecule has 0 heterocycles. The number of hydrogen-bond donors (Lipinski definition) is 1. The summed E-state index contributed by atoms with van der Waals surface area (Å²) in [4.78, 5) is 0. The Balaban J connectivity index is 1.86. The van der Waals surface area contributed by atoms with E-state index in [0.717, 1.165) is 11.1 Å². The summed E-state index contributed by atoms with van der Waals surface area (Å²) in [6, 6.07) is 21.4. The minimum atomic E-state index is -0.964. The third kappa shape index (κ3) is 2.79. The predicted octanol–water partition coefficient (Wildman–Crippen LogP) is 7.47. The monoisotopic (exact) mass is 402 g/mol. The summed E-state index contributed by atoms with van der Waals surface area (Å²) in [5, 5.41) is 11.6. The highest BCUT2D eigenvalue weighted by molar-refractivity contribution is 6.33. The van der Waals surface area contributed by atoms with Gasteiger partial charge in [0.15, 0.2) is 0 Å². The molecular weight excluding hydrogens is 376 g/mol. The quantitative estimate of drug-likeness (QED) is 0.471. The van der Waals surface area contributed by atoms with Crippen molar-refractivity contribution in [1.82, 2.24) is 0 Å². The van der Waals surface area contributed by atoms with Gasteiger partial charge in [0.05, 0.1) is 5.60 Å². The van der Waals surface area contributed by atoms with Crippen molar-refractivity contribution in [3.8, 4) is 22.3 Å². The van der Waals surface area contributed by atoms with Gasteiger partial charge in [-0.05, 0) is 66.1 Å². The molecule has 0 saturated heterocycles. The van der Waals surface area contributed by atoms with E-state index >= 15 is 0 Å². The molecule has 148 valence electrons. The summed E-state index contributed by atoms with van der Waals surface area (Å²) in [5.41, 5.74) is 7.73. The molecule has 0 atom stereocenters. The summed E-state index contributed by atoms with van der Waals surface area (Å²) < 4.78 is 0.